The van der Waals surface area contributed by atoms with Crippen LogP contribution >= 0.6 is 0 Å². The number of urea groups is 1. The van der Waals surface area contributed by atoms with Crippen molar-refractivity contribution < 1.29 is 24.2 Å². The average molecular weight is 434 g/mol. The highest BCUT2D eigenvalue weighted by Crippen LogP contribution is 2.39. The van der Waals surface area contributed by atoms with Crippen molar-refractivity contribution in [3.63, 3.8) is 0 Å². The van der Waals surface area contributed by atoms with Gasteiger partial charge in [0.1, 0.15) is 12.1 Å². The second kappa shape index (κ2) is 8.26. The predicted octanol–water partition coefficient (Wildman–Crippen LogP) is 2.49. The number of aliphatic carboxylic acids is 1. The van der Waals surface area contributed by atoms with Crippen molar-refractivity contribution in [3.8, 4) is 11.5 Å². The topological polar surface area (TPSA) is 117 Å². The number of carboxylic acid groups (broad SMARTS) is 1. The van der Waals surface area contributed by atoms with E-state index >= 15 is 0 Å². The molecule has 0 aliphatic carbocycles. The molecule has 2 atom stereocenters. The Labute approximate surface area is 184 Å². The number of hydrogen-bond donors (Lipinski definition) is 3. The van der Waals surface area contributed by atoms with Gasteiger partial charge in [0, 0.05) is 25.1 Å². The van der Waals surface area contributed by atoms with Crippen LogP contribution in [0.4, 0.5) is 4.79 Å². The second-order valence-electron chi connectivity index (χ2n) is 7.75. The Morgan fingerprint density at radius 2 is 2.00 bits per heavy atom. The lowest BCUT2D eigenvalue weighted by molar-refractivity contribution is -0.139. The van der Waals surface area contributed by atoms with E-state index < -0.39 is 24.1 Å². The van der Waals surface area contributed by atoms with Crippen LogP contribution in [0.2, 0.25) is 0 Å². The summed E-state index contributed by atoms with van der Waals surface area (Å²) in [6.07, 6.45) is 2.40. The van der Waals surface area contributed by atoms with Gasteiger partial charge in [-0.2, -0.15) is 0 Å². The molecule has 0 fully saturated rings. The summed E-state index contributed by atoms with van der Waals surface area (Å²) in [7, 11) is 0. The molecule has 164 valence electrons. The molecule has 5 rings (SSSR count). The largest absolute Gasteiger partial charge is 0.480 e. The Morgan fingerprint density at radius 1 is 1.19 bits per heavy atom. The van der Waals surface area contributed by atoms with Crippen LogP contribution in [0.3, 0.4) is 0 Å². The number of fused-ring (bicyclic) bond motifs is 2. The summed E-state index contributed by atoms with van der Waals surface area (Å²) in [5.41, 5.74) is 3.34. The van der Waals surface area contributed by atoms with Gasteiger partial charge in [-0.15, -0.1) is 0 Å². The molecule has 1 aromatic heterocycles. The van der Waals surface area contributed by atoms with Crippen LogP contribution in [-0.4, -0.2) is 51.4 Å². The normalized spacial score (nSPS) is 17.5. The van der Waals surface area contributed by atoms with Gasteiger partial charge in [0.05, 0.1) is 12.0 Å². The highest BCUT2D eigenvalue weighted by Gasteiger charge is 2.36. The number of H-pyrrole nitrogens is 1. The van der Waals surface area contributed by atoms with Crippen LogP contribution in [0.25, 0.3) is 0 Å². The van der Waals surface area contributed by atoms with Gasteiger partial charge in [0.25, 0.3) is 0 Å². The second-order valence-corrected chi connectivity index (χ2v) is 7.75. The maximum absolute atomic E-state index is 13.3. The Kier molecular flexibility index (Phi) is 5.14. The minimum Gasteiger partial charge on any atom is -0.480 e. The van der Waals surface area contributed by atoms with Gasteiger partial charge in [-0.3, -0.25) is 0 Å². The number of rotatable bonds is 5. The van der Waals surface area contributed by atoms with Crippen molar-refractivity contribution in [2.24, 2.45) is 0 Å². The first-order valence-electron chi connectivity index (χ1n) is 10.4. The third-order valence-corrected chi connectivity index (χ3v) is 5.78. The van der Waals surface area contributed by atoms with Gasteiger partial charge >= 0.3 is 12.0 Å². The number of aromatic nitrogens is 2. The number of aromatic amines is 1. The summed E-state index contributed by atoms with van der Waals surface area (Å²) >= 11 is 0. The third-order valence-electron chi connectivity index (χ3n) is 5.78. The zero-order chi connectivity index (χ0) is 22.1. The van der Waals surface area contributed by atoms with Crippen LogP contribution in [0, 0.1) is 0 Å². The van der Waals surface area contributed by atoms with E-state index in [2.05, 4.69) is 15.3 Å². The molecule has 3 aromatic rings. The number of carbonyl (C=O) groups is 2. The zero-order valence-corrected chi connectivity index (χ0v) is 17.2. The predicted molar refractivity (Wildman–Crippen MR) is 114 cm³/mol. The number of nitrogens with zero attached hydrogens (tertiary/aromatic N) is 2. The Bertz CT molecular complexity index is 1150. The molecule has 9 heteroatoms. The average Bonchev–Trinajstić information content (AvgIpc) is 3.47. The number of nitrogens with one attached hydrogen (secondary N) is 2. The third kappa shape index (κ3) is 3.73. The molecule has 2 amide bonds. The molecule has 0 saturated carbocycles. The van der Waals surface area contributed by atoms with Crippen molar-refractivity contribution in [1.82, 2.24) is 20.2 Å². The quantitative estimate of drug-likeness (QED) is 0.568. The summed E-state index contributed by atoms with van der Waals surface area (Å²) in [5, 5.41) is 12.4. The fraction of sp³-hybridized carbons (Fsp3) is 0.261. The minimum atomic E-state index is -1.08. The molecule has 0 unspecified atom stereocenters. The molecule has 0 radical (unpaired) electrons. The van der Waals surface area contributed by atoms with Crippen molar-refractivity contribution in [2.45, 2.75) is 24.9 Å². The molecule has 32 heavy (non-hydrogen) atoms. The number of ether oxygens (including phenoxy) is 2. The van der Waals surface area contributed by atoms with Crippen LogP contribution in [0.5, 0.6) is 11.5 Å². The number of benzene rings is 2. The fourth-order valence-electron chi connectivity index (χ4n) is 4.20. The van der Waals surface area contributed by atoms with Crippen LogP contribution in [-0.2, 0) is 17.6 Å². The standard InChI is InChI=1S/C23H22N4O5/c28-22(29)17(10-14-4-2-1-3-5-14)26-23(30)27-9-8-16-20(25-12-24-16)21(27)15-6-7-18-19(11-15)32-13-31-18/h1-7,11-12,17,21H,8-10,13H2,(H,24,25)(H,26,30)(H,28,29)/t17-,21+/m0/s1. The molecule has 0 spiro atoms. The molecular weight excluding hydrogens is 412 g/mol. The Morgan fingerprint density at radius 3 is 2.81 bits per heavy atom. The monoisotopic (exact) mass is 434 g/mol. The molecule has 3 heterocycles. The molecular formula is C23H22N4O5. The van der Waals surface area contributed by atoms with Crippen LogP contribution < -0.4 is 14.8 Å². The molecule has 2 aromatic carbocycles. The lowest BCUT2D eigenvalue weighted by Gasteiger charge is -2.36. The van der Waals surface area contributed by atoms with E-state index in [9.17, 15) is 14.7 Å². The van der Waals surface area contributed by atoms with Crippen LogP contribution in [0.1, 0.15) is 28.6 Å². The van der Waals surface area contributed by atoms with E-state index in [1.54, 1.807) is 11.2 Å². The summed E-state index contributed by atoms with van der Waals surface area (Å²) in [4.78, 5) is 34.4. The fourth-order valence-corrected chi connectivity index (χ4v) is 4.20. The molecule has 3 N–H and O–H groups in total. The Balaban J connectivity index is 1.43. The first-order valence-corrected chi connectivity index (χ1v) is 10.4. The summed E-state index contributed by atoms with van der Waals surface area (Å²) < 4.78 is 10.9. The number of imidazole rings is 1. The van der Waals surface area contributed by atoms with Crippen molar-refractivity contribution in [1.29, 1.82) is 0 Å². The molecule has 0 saturated heterocycles. The van der Waals surface area contributed by atoms with Gasteiger partial charge in [-0.1, -0.05) is 36.4 Å². The van der Waals surface area contributed by atoms with Crippen molar-refractivity contribution in [2.75, 3.05) is 13.3 Å². The van der Waals surface area contributed by atoms with E-state index in [1.165, 1.54) is 0 Å². The van der Waals surface area contributed by atoms with Crippen molar-refractivity contribution >= 4 is 12.0 Å². The van der Waals surface area contributed by atoms with E-state index in [0.29, 0.717) is 24.5 Å². The van der Waals surface area contributed by atoms with Gasteiger partial charge in [-0.25, -0.2) is 14.6 Å². The Hall–Kier alpha value is -4.01. The lowest BCUT2D eigenvalue weighted by Crippen LogP contribution is -2.51. The van der Waals surface area contributed by atoms with Gasteiger partial charge in [0.15, 0.2) is 11.5 Å². The van der Waals surface area contributed by atoms with E-state index in [-0.39, 0.29) is 13.2 Å². The lowest BCUT2D eigenvalue weighted by atomic mass is 9.95. The SMILES string of the molecule is O=C(O)[C@H](Cc1ccccc1)NC(=O)N1CCc2[nH]cnc2[C@H]1c1ccc2c(c1)OCO2. The van der Waals surface area contributed by atoms with Crippen molar-refractivity contribution in [3.05, 3.63) is 77.4 Å². The van der Waals surface area contributed by atoms with Gasteiger partial charge in [-0.05, 0) is 23.3 Å². The van der Waals surface area contributed by atoms with E-state index in [0.717, 1.165) is 22.5 Å². The molecule has 2 aliphatic rings. The minimum absolute atomic E-state index is 0.154. The smallest absolute Gasteiger partial charge is 0.326 e. The maximum atomic E-state index is 13.3. The zero-order valence-electron chi connectivity index (χ0n) is 17.2. The summed E-state index contributed by atoms with van der Waals surface area (Å²) in [6.45, 7) is 0.568. The highest BCUT2D eigenvalue weighted by atomic mass is 16.7. The van der Waals surface area contributed by atoms with E-state index in [1.807, 2.05) is 48.5 Å². The molecule has 9 nitrogen and oxygen atoms in total. The molecule has 2 aliphatic heterocycles. The maximum Gasteiger partial charge on any atom is 0.326 e. The summed E-state index contributed by atoms with van der Waals surface area (Å²) in [6, 6.07) is 12.8. The summed E-state index contributed by atoms with van der Waals surface area (Å²) in [5.74, 6) is 0.175. The first kappa shape index (κ1) is 19.9. The molecule has 0 bridgehead atoms. The highest BCUT2D eigenvalue weighted by molar-refractivity contribution is 5.83. The van der Waals surface area contributed by atoms with Gasteiger partial charge < -0.3 is 29.8 Å². The van der Waals surface area contributed by atoms with Gasteiger partial charge in [0.2, 0.25) is 6.79 Å². The number of carboxylic acids is 1. The first-order chi connectivity index (χ1) is 15.6. The number of amides is 2. The van der Waals surface area contributed by atoms with Crippen LogP contribution in [0.15, 0.2) is 54.9 Å². The number of carbonyl (C=O) groups excluding carboxylic acids is 1. The van der Waals surface area contributed by atoms with E-state index in [4.69, 9.17) is 9.47 Å². The number of hydrogen-bond acceptors (Lipinski definition) is 5.